The Balaban J connectivity index is 1.68. The highest BCUT2D eigenvalue weighted by Gasteiger charge is 2.35. The van der Waals surface area contributed by atoms with E-state index in [0.29, 0.717) is 17.3 Å². The molecule has 124 valence electrons. The lowest BCUT2D eigenvalue weighted by molar-refractivity contribution is -0.122. The number of hydrogen-bond donors (Lipinski definition) is 1. The van der Waals surface area contributed by atoms with Crippen LogP contribution in [0.1, 0.15) is 18.9 Å². The smallest absolute Gasteiger partial charge is 0.229 e. The first-order valence-corrected chi connectivity index (χ1v) is 8.40. The van der Waals surface area contributed by atoms with Gasteiger partial charge in [-0.3, -0.25) is 9.59 Å². The summed E-state index contributed by atoms with van der Waals surface area (Å²) < 4.78 is 0. The van der Waals surface area contributed by atoms with Crippen LogP contribution in [0.25, 0.3) is 0 Å². The average molecular weight is 343 g/mol. The van der Waals surface area contributed by atoms with Crippen LogP contribution in [0.2, 0.25) is 5.02 Å². The standard InChI is InChI=1S/C19H19ClN2O2/c1-2-13-6-8-17(9-7-13)22-12-14(10-18(22)23)19(24)21-16-5-3-4-15(20)11-16/h3-9,11,14H,2,10,12H2,1H3,(H,21,24)/t14-/m0/s1. The molecule has 0 aliphatic carbocycles. The van der Waals surface area contributed by atoms with E-state index in [1.54, 1.807) is 29.2 Å². The highest BCUT2D eigenvalue weighted by Crippen LogP contribution is 2.26. The van der Waals surface area contributed by atoms with E-state index in [2.05, 4.69) is 12.2 Å². The summed E-state index contributed by atoms with van der Waals surface area (Å²) >= 11 is 5.93. The van der Waals surface area contributed by atoms with Crippen molar-refractivity contribution in [2.75, 3.05) is 16.8 Å². The van der Waals surface area contributed by atoms with Crippen LogP contribution in [0, 0.1) is 5.92 Å². The third-order valence-corrected chi connectivity index (χ3v) is 4.48. The number of aryl methyl sites for hydroxylation is 1. The first-order chi connectivity index (χ1) is 11.6. The SMILES string of the molecule is CCc1ccc(N2C[C@@H](C(=O)Nc3cccc(Cl)c3)CC2=O)cc1. The van der Waals surface area contributed by atoms with Gasteiger partial charge in [0.1, 0.15) is 0 Å². The maximum Gasteiger partial charge on any atom is 0.229 e. The summed E-state index contributed by atoms with van der Waals surface area (Å²) in [6, 6.07) is 14.9. The van der Waals surface area contributed by atoms with Crippen LogP contribution in [-0.2, 0) is 16.0 Å². The molecule has 1 saturated heterocycles. The third kappa shape index (κ3) is 3.60. The molecule has 4 nitrogen and oxygen atoms in total. The molecule has 0 bridgehead atoms. The molecule has 2 aromatic carbocycles. The molecule has 5 heteroatoms. The van der Waals surface area contributed by atoms with Crippen LogP contribution in [0.3, 0.4) is 0 Å². The Labute approximate surface area is 146 Å². The van der Waals surface area contributed by atoms with Gasteiger partial charge in [-0.15, -0.1) is 0 Å². The lowest BCUT2D eigenvalue weighted by atomic mass is 10.1. The molecule has 0 saturated carbocycles. The molecular formula is C19H19ClN2O2. The van der Waals surface area contributed by atoms with Crippen molar-refractivity contribution in [3.05, 3.63) is 59.1 Å². The average Bonchev–Trinajstić information content (AvgIpc) is 2.97. The number of rotatable bonds is 4. The minimum atomic E-state index is -0.359. The molecule has 3 rings (SSSR count). The second-order valence-electron chi connectivity index (χ2n) is 5.92. The van der Waals surface area contributed by atoms with E-state index in [0.717, 1.165) is 12.1 Å². The molecule has 2 amide bonds. The monoisotopic (exact) mass is 342 g/mol. The van der Waals surface area contributed by atoms with Gasteiger partial charge in [-0.25, -0.2) is 0 Å². The molecule has 24 heavy (non-hydrogen) atoms. The van der Waals surface area contributed by atoms with Gasteiger partial charge in [-0.2, -0.15) is 0 Å². The zero-order chi connectivity index (χ0) is 17.1. The second-order valence-corrected chi connectivity index (χ2v) is 6.36. The largest absolute Gasteiger partial charge is 0.326 e. The van der Waals surface area contributed by atoms with E-state index in [4.69, 9.17) is 11.6 Å². The van der Waals surface area contributed by atoms with E-state index in [1.807, 2.05) is 24.3 Å². The van der Waals surface area contributed by atoms with Crippen molar-refractivity contribution >= 4 is 34.8 Å². The second kappa shape index (κ2) is 7.05. The van der Waals surface area contributed by atoms with Crippen LogP contribution in [0.4, 0.5) is 11.4 Å². The molecule has 1 aliphatic heterocycles. The van der Waals surface area contributed by atoms with E-state index in [-0.39, 0.29) is 24.2 Å². The predicted molar refractivity (Wildman–Crippen MR) is 96.4 cm³/mol. The van der Waals surface area contributed by atoms with Gasteiger partial charge in [0.2, 0.25) is 11.8 Å². The summed E-state index contributed by atoms with van der Waals surface area (Å²) in [6.07, 6.45) is 1.18. The summed E-state index contributed by atoms with van der Waals surface area (Å²) in [4.78, 5) is 26.4. The third-order valence-electron chi connectivity index (χ3n) is 4.24. The highest BCUT2D eigenvalue weighted by molar-refractivity contribution is 6.30. The quantitative estimate of drug-likeness (QED) is 0.916. The molecule has 2 aromatic rings. The number of benzene rings is 2. The number of amides is 2. The van der Waals surface area contributed by atoms with Crippen LogP contribution in [0.15, 0.2) is 48.5 Å². The number of nitrogens with zero attached hydrogens (tertiary/aromatic N) is 1. The molecule has 1 atom stereocenters. The van der Waals surface area contributed by atoms with Crippen molar-refractivity contribution in [3.63, 3.8) is 0 Å². The maximum absolute atomic E-state index is 12.4. The van der Waals surface area contributed by atoms with Gasteiger partial charge >= 0.3 is 0 Å². The van der Waals surface area contributed by atoms with Gasteiger partial charge < -0.3 is 10.2 Å². The van der Waals surface area contributed by atoms with Gasteiger partial charge in [-0.1, -0.05) is 36.7 Å². The van der Waals surface area contributed by atoms with Crippen molar-refractivity contribution in [3.8, 4) is 0 Å². The molecule has 0 unspecified atom stereocenters. The van der Waals surface area contributed by atoms with Crippen molar-refractivity contribution in [2.24, 2.45) is 5.92 Å². The summed E-state index contributed by atoms with van der Waals surface area (Å²) in [5, 5.41) is 3.40. The molecule has 0 spiro atoms. The Bertz CT molecular complexity index is 758. The molecule has 1 N–H and O–H groups in total. The normalized spacial score (nSPS) is 17.2. The summed E-state index contributed by atoms with van der Waals surface area (Å²) in [5.41, 5.74) is 2.71. The summed E-state index contributed by atoms with van der Waals surface area (Å²) in [5.74, 6) is -0.536. The maximum atomic E-state index is 12.4. The number of carbonyl (C=O) groups is 2. The minimum absolute atomic E-state index is 0.0227. The highest BCUT2D eigenvalue weighted by atomic mass is 35.5. The summed E-state index contributed by atoms with van der Waals surface area (Å²) in [6.45, 7) is 2.49. The Morgan fingerprint density at radius 2 is 2.00 bits per heavy atom. The molecular weight excluding hydrogens is 324 g/mol. The Morgan fingerprint density at radius 1 is 1.25 bits per heavy atom. The number of halogens is 1. The predicted octanol–water partition coefficient (Wildman–Crippen LogP) is 3.89. The van der Waals surface area contributed by atoms with Crippen molar-refractivity contribution in [1.82, 2.24) is 0 Å². The topological polar surface area (TPSA) is 49.4 Å². The molecule has 1 heterocycles. The van der Waals surface area contributed by atoms with Crippen molar-refractivity contribution in [2.45, 2.75) is 19.8 Å². The number of hydrogen-bond acceptors (Lipinski definition) is 2. The first kappa shape index (κ1) is 16.5. The van der Waals surface area contributed by atoms with Crippen LogP contribution in [-0.4, -0.2) is 18.4 Å². The van der Waals surface area contributed by atoms with Gasteiger partial charge in [0.15, 0.2) is 0 Å². The Hall–Kier alpha value is -2.33. The number of carbonyl (C=O) groups excluding carboxylic acids is 2. The zero-order valence-electron chi connectivity index (χ0n) is 13.5. The number of nitrogens with one attached hydrogen (secondary N) is 1. The number of anilines is 2. The molecule has 0 aromatic heterocycles. The first-order valence-electron chi connectivity index (χ1n) is 8.02. The fourth-order valence-electron chi connectivity index (χ4n) is 2.85. The van der Waals surface area contributed by atoms with Crippen LogP contribution in [0.5, 0.6) is 0 Å². The van der Waals surface area contributed by atoms with Gasteiger partial charge in [0.05, 0.1) is 5.92 Å². The Kier molecular flexibility index (Phi) is 4.86. The van der Waals surface area contributed by atoms with Crippen molar-refractivity contribution < 1.29 is 9.59 Å². The minimum Gasteiger partial charge on any atom is -0.326 e. The molecule has 1 fully saturated rings. The van der Waals surface area contributed by atoms with Crippen LogP contribution < -0.4 is 10.2 Å². The summed E-state index contributed by atoms with van der Waals surface area (Å²) in [7, 11) is 0. The van der Waals surface area contributed by atoms with E-state index in [1.165, 1.54) is 5.56 Å². The fourth-order valence-corrected chi connectivity index (χ4v) is 3.05. The molecule has 1 aliphatic rings. The Morgan fingerprint density at radius 3 is 2.67 bits per heavy atom. The van der Waals surface area contributed by atoms with E-state index < -0.39 is 0 Å². The van der Waals surface area contributed by atoms with Gasteiger partial charge in [0, 0.05) is 29.4 Å². The molecule has 0 radical (unpaired) electrons. The van der Waals surface area contributed by atoms with E-state index >= 15 is 0 Å². The van der Waals surface area contributed by atoms with E-state index in [9.17, 15) is 9.59 Å². The van der Waals surface area contributed by atoms with Crippen LogP contribution >= 0.6 is 11.6 Å². The lowest BCUT2D eigenvalue weighted by Crippen LogP contribution is -2.28. The fraction of sp³-hybridized carbons (Fsp3) is 0.263. The van der Waals surface area contributed by atoms with Gasteiger partial charge in [-0.05, 0) is 42.3 Å². The lowest BCUT2D eigenvalue weighted by Gasteiger charge is -2.17. The van der Waals surface area contributed by atoms with Crippen molar-refractivity contribution in [1.29, 1.82) is 0 Å². The zero-order valence-corrected chi connectivity index (χ0v) is 14.2. The van der Waals surface area contributed by atoms with Gasteiger partial charge in [0.25, 0.3) is 0 Å².